The molecule has 0 spiro atoms. The lowest BCUT2D eigenvalue weighted by Gasteiger charge is -2.40. The van der Waals surface area contributed by atoms with Gasteiger partial charge in [-0.3, -0.25) is 9.78 Å². The minimum absolute atomic E-state index is 0.0844. The number of halogens is 3. The summed E-state index contributed by atoms with van der Waals surface area (Å²) in [4.78, 5) is 43.1. The van der Waals surface area contributed by atoms with E-state index in [0.29, 0.717) is 18.7 Å². The summed E-state index contributed by atoms with van der Waals surface area (Å²) < 4.78 is 45.0. The molecule has 1 aliphatic heterocycles. The van der Waals surface area contributed by atoms with Gasteiger partial charge >= 0.3 is 18.0 Å². The Morgan fingerprint density at radius 1 is 1.17 bits per heavy atom. The molecule has 4 rings (SSSR count). The van der Waals surface area contributed by atoms with Crippen LogP contribution in [0.4, 0.5) is 18.0 Å². The molecule has 0 radical (unpaired) electrons. The Morgan fingerprint density at radius 2 is 1.83 bits per heavy atom. The Balaban J connectivity index is 0.000000241. The number of carbonyl (C=O) groups is 2. The molecule has 0 unspecified atom stereocenters. The lowest BCUT2D eigenvalue weighted by molar-refractivity contribution is -0.137. The van der Waals surface area contributed by atoms with Crippen molar-refractivity contribution >= 4 is 23.2 Å². The predicted octanol–water partition coefficient (Wildman–Crippen LogP) is 3.20. The molecule has 1 saturated heterocycles. The number of rotatable bonds is 3. The molecule has 1 fully saturated rings. The number of benzene rings is 1. The van der Waals surface area contributed by atoms with E-state index in [0.717, 1.165) is 12.1 Å². The highest BCUT2D eigenvalue weighted by atomic mass is 19.4. The van der Waals surface area contributed by atoms with Crippen molar-refractivity contribution in [1.29, 1.82) is 0 Å². The van der Waals surface area contributed by atoms with Crippen LogP contribution >= 0.6 is 0 Å². The molecule has 3 heterocycles. The zero-order chi connectivity index (χ0) is 26.1. The highest BCUT2D eigenvalue weighted by Crippen LogP contribution is 2.35. The molecular formula is C22H24F3N5O5. The Kier molecular flexibility index (Phi) is 6.92. The SMILES string of the molecule is CC(C)(C)OC1CN(C(=O)O)C1.NC(=O)c1ccc(-c2ccnc3[nH]c(=O)[nH]c23)cc1C(F)(F)F. The number of pyridine rings is 1. The number of carbonyl (C=O) groups excluding carboxylic acids is 1. The molecule has 2 amide bonds. The molecule has 2 aromatic heterocycles. The molecule has 10 nitrogen and oxygen atoms in total. The van der Waals surface area contributed by atoms with Crippen LogP contribution in [0.2, 0.25) is 0 Å². The summed E-state index contributed by atoms with van der Waals surface area (Å²) in [7, 11) is 0. The number of H-pyrrole nitrogens is 2. The summed E-state index contributed by atoms with van der Waals surface area (Å²) in [5.74, 6) is -1.17. The first kappa shape index (κ1) is 25.7. The third-order valence-corrected chi connectivity index (χ3v) is 4.96. The third-order valence-electron chi connectivity index (χ3n) is 4.96. The molecule has 3 aromatic rings. The van der Waals surface area contributed by atoms with Crippen molar-refractivity contribution in [3.63, 3.8) is 0 Å². The third kappa shape index (κ3) is 6.18. The van der Waals surface area contributed by atoms with Gasteiger partial charge in [-0.25, -0.2) is 14.6 Å². The van der Waals surface area contributed by atoms with Gasteiger partial charge in [-0.05, 0) is 44.5 Å². The quantitative estimate of drug-likeness (QED) is 0.438. The van der Waals surface area contributed by atoms with Crippen LogP contribution < -0.4 is 11.4 Å². The van der Waals surface area contributed by atoms with E-state index in [1.54, 1.807) is 0 Å². The van der Waals surface area contributed by atoms with Gasteiger partial charge in [0, 0.05) is 11.8 Å². The van der Waals surface area contributed by atoms with Crippen LogP contribution in [0.5, 0.6) is 0 Å². The molecule has 0 bridgehead atoms. The highest BCUT2D eigenvalue weighted by Gasteiger charge is 2.35. The van der Waals surface area contributed by atoms with Gasteiger partial charge in [0.2, 0.25) is 5.91 Å². The molecule has 5 N–H and O–H groups in total. The number of ether oxygens (including phenoxy) is 1. The second-order valence-corrected chi connectivity index (χ2v) is 8.82. The van der Waals surface area contributed by atoms with E-state index in [9.17, 15) is 27.6 Å². The first-order valence-electron chi connectivity index (χ1n) is 10.4. The van der Waals surface area contributed by atoms with Crippen molar-refractivity contribution in [2.45, 2.75) is 38.7 Å². The fraction of sp³-hybridized carbons (Fsp3) is 0.364. The predicted molar refractivity (Wildman–Crippen MR) is 120 cm³/mol. The number of nitrogens with zero attached hydrogens (tertiary/aromatic N) is 2. The summed E-state index contributed by atoms with van der Waals surface area (Å²) in [5, 5.41) is 8.52. The van der Waals surface area contributed by atoms with Crippen molar-refractivity contribution in [3.05, 3.63) is 52.1 Å². The molecule has 0 atom stereocenters. The number of aromatic nitrogens is 3. The molecule has 188 valence electrons. The van der Waals surface area contributed by atoms with Gasteiger partial charge in [0.1, 0.15) is 0 Å². The van der Waals surface area contributed by atoms with Gasteiger partial charge in [0.15, 0.2) is 5.65 Å². The number of likely N-dealkylation sites (tertiary alicyclic amines) is 1. The first-order valence-corrected chi connectivity index (χ1v) is 10.4. The molecule has 0 aliphatic carbocycles. The Hall–Kier alpha value is -3.87. The lowest BCUT2D eigenvalue weighted by Crippen LogP contribution is -2.56. The van der Waals surface area contributed by atoms with Gasteiger partial charge < -0.3 is 25.5 Å². The topological polar surface area (TPSA) is 154 Å². The molecule has 35 heavy (non-hydrogen) atoms. The average molecular weight is 495 g/mol. The van der Waals surface area contributed by atoms with Gasteiger partial charge in [-0.2, -0.15) is 13.2 Å². The number of primary amides is 1. The maximum absolute atomic E-state index is 13.1. The number of imidazole rings is 1. The fourth-order valence-corrected chi connectivity index (χ4v) is 3.51. The van der Waals surface area contributed by atoms with E-state index >= 15 is 0 Å². The van der Waals surface area contributed by atoms with E-state index in [1.165, 1.54) is 23.2 Å². The number of nitrogens with one attached hydrogen (secondary N) is 2. The molecule has 1 aliphatic rings. The molecular weight excluding hydrogens is 471 g/mol. The summed E-state index contributed by atoms with van der Waals surface area (Å²) in [5.41, 5.74) is 3.56. The minimum atomic E-state index is -4.74. The van der Waals surface area contributed by atoms with Crippen LogP contribution in [0.1, 0.15) is 36.7 Å². The number of alkyl halides is 3. The van der Waals surface area contributed by atoms with Crippen LogP contribution in [0.25, 0.3) is 22.3 Å². The van der Waals surface area contributed by atoms with Crippen LogP contribution in [-0.2, 0) is 10.9 Å². The van der Waals surface area contributed by atoms with E-state index in [4.69, 9.17) is 15.6 Å². The fourth-order valence-electron chi connectivity index (χ4n) is 3.51. The average Bonchev–Trinajstić information content (AvgIpc) is 3.09. The van der Waals surface area contributed by atoms with Crippen molar-refractivity contribution in [1.82, 2.24) is 19.9 Å². The van der Waals surface area contributed by atoms with Crippen molar-refractivity contribution < 1.29 is 32.6 Å². The number of aromatic amines is 2. The van der Waals surface area contributed by atoms with Gasteiger partial charge in [-0.15, -0.1) is 0 Å². The van der Waals surface area contributed by atoms with Crippen LogP contribution in [0.3, 0.4) is 0 Å². The second-order valence-electron chi connectivity index (χ2n) is 8.82. The standard InChI is InChI=1S/C14H9F3N4O2.C8H15NO3/c15-14(16,17)9-5-6(1-2-8(9)11(18)22)7-3-4-19-12-10(7)20-13(23)21-12;1-8(2,3)12-6-4-9(5-6)7(10)11/h1-5H,(H2,18,22)(H2,19,20,21,23);6H,4-5H2,1-3H3,(H,10,11). The minimum Gasteiger partial charge on any atom is -0.465 e. The summed E-state index contributed by atoms with van der Waals surface area (Å²) >= 11 is 0. The largest absolute Gasteiger partial charge is 0.465 e. The normalized spacial score (nSPS) is 14.3. The van der Waals surface area contributed by atoms with Gasteiger partial charge in [-0.1, -0.05) is 6.07 Å². The number of hydrogen-bond acceptors (Lipinski definition) is 5. The van der Waals surface area contributed by atoms with E-state index in [1.807, 2.05) is 20.8 Å². The highest BCUT2D eigenvalue weighted by molar-refractivity contribution is 5.96. The van der Waals surface area contributed by atoms with Crippen LogP contribution in [0, 0.1) is 0 Å². The number of fused-ring (bicyclic) bond motifs is 1. The lowest BCUT2D eigenvalue weighted by atomic mass is 9.98. The van der Waals surface area contributed by atoms with E-state index in [-0.39, 0.29) is 28.4 Å². The van der Waals surface area contributed by atoms with Crippen molar-refractivity contribution in [2.75, 3.05) is 13.1 Å². The Labute approximate surface area is 196 Å². The number of nitrogens with two attached hydrogens (primary N) is 1. The molecule has 0 saturated carbocycles. The zero-order valence-corrected chi connectivity index (χ0v) is 19.1. The number of carboxylic acid groups (broad SMARTS) is 1. The Bertz CT molecular complexity index is 1300. The van der Waals surface area contributed by atoms with Crippen molar-refractivity contribution in [2.24, 2.45) is 5.73 Å². The van der Waals surface area contributed by atoms with E-state index < -0.39 is 35.0 Å². The molecule has 13 heteroatoms. The monoisotopic (exact) mass is 495 g/mol. The van der Waals surface area contributed by atoms with Crippen molar-refractivity contribution in [3.8, 4) is 11.1 Å². The van der Waals surface area contributed by atoms with Crippen LogP contribution in [-0.4, -0.2) is 61.8 Å². The summed E-state index contributed by atoms with van der Waals surface area (Å²) in [6.07, 6.45) is -4.15. The van der Waals surface area contributed by atoms with Gasteiger partial charge in [0.05, 0.1) is 41.4 Å². The van der Waals surface area contributed by atoms with E-state index in [2.05, 4.69) is 15.0 Å². The zero-order valence-electron chi connectivity index (χ0n) is 19.1. The smallest absolute Gasteiger partial charge is 0.417 e. The maximum atomic E-state index is 13.1. The maximum Gasteiger partial charge on any atom is 0.417 e. The number of amides is 2. The summed E-state index contributed by atoms with van der Waals surface area (Å²) in [6.45, 7) is 6.92. The number of hydrogen-bond donors (Lipinski definition) is 4. The Morgan fingerprint density at radius 3 is 2.37 bits per heavy atom. The van der Waals surface area contributed by atoms with Crippen LogP contribution in [0.15, 0.2) is 35.3 Å². The second kappa shape index (κ2) is 9.41. The summed E-state index contributed by atoms with van der Waals surface area (Å²) in [6, 6.07) is 4.62. The van der Waals surface area contributed by atoms with Gasteiger partial charge in [0.25, 0.3) is 0 Å². The molecule has 1 aromatic carbocycles. The first-order chi connectivity index (χ1) is 16.2.